The third-order valence-corrected chi connectivity index (χ3v) is 8.28. The lowest BCUT2D eigenvalue weighted by atomic mass is 9.72. The highest BCUT2D eigenvalue weighted by molar-refractivity contribution is 7.85. The van der Waals surface area contributed by atoms with Crippen LogP contribution < -0.4 is 5.32 Å². The van der Waals surface area contributed by atoms with Gasteiger partial charge in [0.2, 0.25) is 11.8 Å². The number of ether oxygens (including phenoxy) is 2. The average Bonchev–Trinajstić information content (AvgIpc) is 3.20. The molecule has 0 aliphatic carbocycles. The van der Waals surface area contributed by atoms with Crippen LogP contribution in [0.25, 0.3) is 0 Å². The number of likely N-dealkylation sites (tertiary alicyclic amines) is 1. The number of nitrogens with zero attached hydrogens (tertiary/aromatic N) is 2. The highest BCUT2D eigenvalue weighted by Gasteiger charge is 2.43. The third-order valence-electron chi connectivity index (χ3n) is 7.19. The molecule has 0 saturated carbocycles. The highest BCUT2D eigenvalue weighted by Crippen LogP contribution is 2.38. The Balaban J connectivity index is 3.11. The zero-order valence-electron chi connectivity index (χ0n) is 25.4. The Morgan fingerprint density at radius 1 is 1.05 bits per heavy atom. The van der Waals surface area contributed by atoms with Crippen LogP contribution in [0.5, 0.6) is 0 Å². The smallest absolute Gasteiger partial charge is 0.311 e. The fourth-order valence-corrected chi connectivity index (χ4v) is 5.66. The molecule has 0 bridgehead atoms. The zero-order valence-corrected chi connectivity index (χ0v) is 26.2. The molecule has 0 spiro atoms. The number of hydrogen-bond acceptors (Lipinski definition) is 9. The molecule has 0 aromatic heterocycles. The number of rotatable bonds is 17. The van der Waals surface area contributed by atoms with Gasteiger partial charge >= 0.3 is 11.9 Å². The summed E-state index contributed by atoms with van der Waals surface area (Å²) in [6, 6.07) is 0. The SMILES string of the molecule is CCC(C)(CC(CC(C)(C)C(=O)OCCN1CCCC1=O)C(=O)NC(C)(C)CS(=O)(=O)O)C(=O)OCCN(C)C. The fraction of sp³-hybridized carbons (Fsp3) is 0.852. The van der Waals surface area contributed by atoms with Crippen molar-refractivity contribution in [3.8, 4) is 0 Å². The Bertz CT molecular complexity index is 1010. The van der Waals surface area contributed by atoms with Crippen LogP contribution in [0, 0.1) is 16.7 Å². The van der Waals surface area contributed by atoms with Gasteiger partial charge in [-0.1, -0.05) is 6.92 Å². The maximum absolute atomic E-state index is 13.5. The van der Waals surface area contributed by atoms with Crippen molar-refractivity contribution in [2.75, 3.05) is 52.7 Å². The summed E-state index contributed by atoms with van der Waals surface area (Å²) < 4.78 is 43.3. The number of esters is 2. The van der Waals surface area contributed by atoms with Crippen LogP contribution in [-0.2, 0) is 38.8 Å². The average molecular weight is 592 g/mol. The summed E-state index contributed by atoms with van der Waals surface area (Å²) in [5, 5.41) is 2.67. The zero-order chi connectivity index (χ0) is 30.9. The number of nitrogens with one attached hydrogen (secondary N) is 1. The lowest BCUT2D eigenvalue weighted by Gasteiger charge is -2.35. The van der Waals surface area contributed by atoms with Crippen molar-refractivity contribution in [1.82, 2.24) is 15.1 Å². The first-order valence-corrected chi connectivity index (χ1v) is 15.4. The molecule has 0 radical (unpaired) electrons. The van der Waals surface area contributed by atoms with Gasteiger partial charge in [0.1, 0.15) is 13.2 Å². The summed E-state index contributed by atoms with van der Waals surface area (Å²) >= 11 is 0. The van der Waals surface area contributed by atoms with Crippen molar-refractivity contribution >= 4 is 33.9 Å². The Hall–Kier alpha value is -2.25. The molecule has 0 aromatic carbocycles. The number of hydrogen-bond donors (Lipinski definition) is 2. The van der Waals surface area contributed by atoms with Gasteiger partial charge in [-0.25, -0.2) is 0 Å². The monoisotopic (exact) mass is 591 g/mol. The minimum atomic E-state index is -4.39. The summed E-state index contributed by atoms with van der Waals surface area (Å²) in [7, 11) is -0.683. The predicted octanol–water partition coefficient (Wildman–Crippen LogP) is 1.88. The van der Waals surface area contributed by atoms with Crippen LogP contribution in [0.2, 0.25) is 0 Å². The minimum Gasteiger partial charge on any atom is -0.464 e. The molecular formula is C27H49N3O9S. The Labute approximate surface area is 239 Å². The van der Waals surface area contributed by atoms with E-state index in [2.05, 4.69) is 5.32 Å². The molecule has 1 fully saturated rings. The molecule has 12 nitrogen and oxygen atoms in total. The first-order valence-electron chi connectivity index (χ1n) is 13.8. The summed E-state index contributed by atoms with van der Waals surface area (Å²) in [6.07, 6.45) is 1.66. The summed E-state index contributed by atoms with van der Waals surface area (Å²) in [5.41, 5.74) is -3.52. The molecule has 13 heteroatoms. The first-order chi connectivity index (χ1) is 18.2. The maximum Gasteiger partial charge on any atom is 0.311 e. The molecule has 40 heavy (non-hydrogen) atoms. The van der Waals surface area contributed by atoms with Gasteiger partial charge < -0.3 is 24.6 Å². The molecule has 1 heterocycles. The van der Waals surface area contributed by atoms with Crippen molar-refractivity contribution in [3.63, 3.8) is 0 Å². The largest absolute Gasteiger partial charge is 0.464 e. The van der Waals surface area contributed by atoms with Crippen LogP contribution in [0.4, 0.5) is 0 Å². The van der Waals surface area contributed by atoms with E-state index in [1.54, 1.807) is 25.7 Å². The Morgan fingerprint density at radius 3 is 2.15 bits per heavy atom. The second kappa shape index (κ2) is 14.6. The van der Waals surface area contributed by atoms with Crippen molar-refractivity contribution in [2.45, 2.75) is 79.2 Å². The number of carbonyl (C=O) groups is 4. The summed E-state index contributed by atoms with van der Waals surface area (Å²) in [4.78, 5) is 55.0. The number of amides is 2. The van der Waals surface area contributed by atoms with Crippen LogP contribution in [0.3, 0.4) is 0 Å². The van der Waals surface area contributed by atoms with Crippen molar-refractivity contribution in [3.05, 3.63) is 0 Å². The molecule has 2 N–H and O–H groups in total. The second-order valence-electron chi connectivity index (χ2n) is 12.6. The quantitative estimate of drug-likeness (QED) is 0.189. The minimum absolute atomic E-state index is 0.00281. The van der Waals surface area contributed by atoms with E-state index < -0.39 is 56.0 Å². The van der Waals surface area contributed by atoms with Gasteiger partial charge in [0.15, 0.2) is 0 Å². The van der Waals surface area contributed by atoms with Crippen molar-refractivity contribution < 1.29 is 41.6 Å². The Morgan fingerprint density at radius 2 is 1.65 bits per heavy atom. The molecular weight excluding hydrogens is 542 g/mol. The second-order valence-corrected chi connectivity index (χ2v) is 14.0. The van der Waals surface area contributed by atoms with Crippen LogP contribution in [0.15, 0.2) is 0 Å². The van der Waals surface area contributed by atoms with Crippen LogP contribution in [0.1, 0.15) is 73.6 Å². The van der Waals surface area contributed by atoms with Crippen LogP contribution in [-0.4, -0.2) is 105 Å². The first kappa shape index (κ1) is 35.8. The normalized spacial score (nSPS) is 16.9. The van der Waals surface area contributed by atoms with Gasteiger partial charge in [-0.15, -0.1) is 0 Å². The molecule has 2 unspecified atom stereocenters. The molecule has 1 aliphatic heterocycles. The lowest BCUT2D eigenvalue weighted by molar-refractivity contribution is -0.159. The van der Waals surface area contributed by atoms with Crippen LogP contribution >= 0.6 is 0 Å². The van der Waals surface area contributed by atoms with Gasteiger partial charge in [-0.3, -0.25) is 23.7 Å². The molecule has 1 saturated heterocycles. The van der Waals surface area contributed by atoms with Gasteiger partial charge in [-0.05, 0) is 74.4 Å². The third kappa shape index (κ3) is 12.1. The van der Waals surface area contributed by atoms with E-state index in [-0.39, 0.29) is 32.0 Å². The van der Waals surface area contributed by atoms with Gasteiger partial charge in [-0.2, -0.15) is 8.42 Å². The fourth-order valence-electron chi connectivity index (χ4n) is 4.68. The molecule has 2 amide bonds. The van der Waals surface area contributed by atoms with Gasteiger partial charge in [0.25, 0.3) is 10.1 Å². The van der Waals surface area contributed by atoms with E-state index in [1.807, 2.05) is 25.9 Å². The van der Waals surface area contributed by atoms with E-state index in [4.69, 9.17) is 9.47 Å². The lowest BCUT2D eigenvalue weighted by Crippen LogP contribution is -2.52. The molecule has 232 valence electrons. The number of carbonyl (C=O) groups excluding carboxylic acids is 4. The predicted molar refractivity (Wildman–Crippen MR) is 150 cm³/mol. The van der Waals surface area contributed by atoms with Crippen molar-refractivity contribution in [2.24, 2.45) is 16.7 Å². The maximum atomic E-state index is 13.5. The highest BCUT2D eigenvalue weighted by atomic mass is 32.2. The standard InChI is InChI=1S/C27H49N3O9S/c1-9-27(6,24(34)39-15-13-29(7)8)18-20(22(32)28-26(4,5)19-40(35,36)37)17-25(2,3)23(33)38-16-14-30-12-10-11-21(30)31/h20H,9-19H2,1-8H3,(H,28,32)(H,35,36,37). The molecule has 2 atom stereocenters. The van der Waals surface area contributed by atoms with Gasteiger partial charge in [0.05, 0.1) is 28.7 Å². The van der Waals surface area contributed by atoms with E-state index in [1.165, 1.54) is 13.8 Å². The molecule has 1 aliphatic rings. The van der Waals surface area contributed by atoms with E-state index in [0.29, 0.717) is 32.5 Å². The van der Waals surface area contributed by atoms with E-state index in [0.717, 1.165) is 6.42 Å². The summed E-state index contributed by atoms with van der Waals surface area (Å²) in [6.45, 7) is 11.4. The van der Waals surface area contributed by atoms with E-state index in [9.17, 15) is 32.1 Å². The summed E-state index contributed by atoms with van der Waals surface area (Å²) in [5.74, 6) is -3.16. The van der Waals surface area contributed by atoms with E-state index >= 15 is 0 Å². The molecule has 0 aromatic rings. The van der Waals surface area contributed by atoms with Gasteiger partial charge in [0, 0.05) is 25.4 Å². The molecule has 1 rings (SSSR count). The number of likely N-dealkylation sites (N-methyl/N-ethyl adjacent to an activating group) is 1. The topological polar surface area (TPSA) is 160 Å². The van der Waals surface area contributed by atoms with Crippen molar-refractivity contribution in [1.29, 1.82) is 0 Å². The Kier molecular flexibility index (Phi) is 13.0.